The van der Waals surface area contributed by atoms with Crippen molar-refractivity contribution in [1.82, 2.24) is 0 Å². The monoisotopic (exact) mass is 348 g/mol. The lowest BCUT2D eigenvalue weighted by Crippen LogP contribution is -2.28. The Bertz CT molecular complexity index is 750. The number of carbonyl (C=O) groups excluding carboxylic acids is 2. The van der Waals surface area contributed by atoms with E-state index in [4.69, 9.17) is 23.2 Å². The Morgan fingerprint density at radius 2 is 1.87 bits per heavy atom. The van der Waals surface area contributed by atoms with Crippen LogP contribution in [-0.4, -0.2) is 18.4 Å². The van der Waals surface area contributed by atoms with E-state index in [-0.39, 0.29) is 18.2 Å². The number of benzene rings is 2. The third-order valence-corrected chi connectivity index (χ3v) is 4.30. The summed E-state index contributed by atoms with van der Waals surface area (Å²) in [6.07, 6.45) is 0.186. The van der Waals surface area contributed by atoms with Gasteiger partial charge in [0.1, 0.15) is 0 Å². The number of anilines is 2. The summed E-state index contributed by atoms with van der Waals surface area (Å²) in [6.45, 7) is 0.361. The molecule has 0 radical (unpaired) electrons. The quantitative estimate of drug-likeness (QED) is 0.911. The summed E-state index contributed by atoms with van der Waals surface area (Å²) < 4.78 is 0. The normalized spacial score (nSPS) is 17.4. The Balaban J connectivity index is 1.71. The van der Waals surface area contributed by atoms with Crippen molar-refractivity contribution in [3.8, 4) is 0 Å². The molecular weight excluding hydrogens is 335 g/mol. The molecule has 1 N–H and O–H groups in total. The molecule has 2 aromatic carbocycles. The van der Waals surface area contributed by atoms with Crippen molar-refractivity contribution in [3.63, 3.8) is 0 Å². The molecule has 0 aliphatic carbocycles. The van der Waals surface area contributed by atoms with Gasteiger partial charge in [-0.05, 0) is 30.3 Å². The van der Waals surface area contributed by atoms with Crippen LogP contribution in [0.5, 0.6) is 0 Å². The van der Waals surface area contributed by atoms with Gasteiger partial charge in [-0.2, -0.15) is 0 Å². The van der Waals surface area contributed by atoms with E-state index in [1.807, 2.05) is 30.3 Å². The lowest BCUT2D eigenvalue weighted by atomic mass is 10.1. The molecule has 0 unspecified atom stereocenters. The number of hydrogen-bond donors (Lipinski definition) is 1. The van der Waals surface area contributed by atoms with Gasteiger partial charge >= 0.3 is 0 Å². The molecule has 23 heavy (non-hydrogen) atoms. The van der Waals surface area contributed by atoms with Crippen LogP contribution in [0.3, 0.4) is 0 Å². The molecule has 0 spiro atoms. The Morgan fingerprint density at radius 3 is 2.57 bits per heavy atom. The van der Waals surface area contributed by atoms with E-state index in [0.29, 0.717) is 22.3 Å². The highest BCUT2D eigenvalue weighted by Gasteiger charge is 2.35. The van der Waals surface area contributed by atoms with Crippen LogP contribution >= 0.6 is 23.2 Å². The zero-order valence-electron chi connectivity index (χ0n) is 12.1. The zero-order chi connectivity index (χ0) is 16.4. The summed E-state index contributed by atoms with van der Waals surface area (Å²) in [5, 5.41) is 3.63. The van der Waals surface area contributed by atoms with Crippen LogP contribution in [0.4, 0.5) is 11.4 Å². The van der Waals surface area contributed by atoms with Crippen LogP contribution in [0.25, 0.3) is 0 Å². The number of halogens is 2. The number of nitrogens with zero attached hydrogens (tertiary/aromatic N) is 1. The summed E-state index contributed by atoms with van der Waals surface area (Å²) in [6, 6.07) is 14.2. The summed E-state index contributed by atoms with van der Waals surface area (Å²) in [4.78, 5) is 26.2. The van der Waals surface area contributed by atoms with E-state index in [1.54, 1.807) is 23.1 Å². The maximum absolute atomic E-state index is 12.4. The minimum atomic E-state index is -0.408. The summed E-state index contributed by atoms with van der Waals surface area (Å²) in [5.41, 5.74) is 1.30. The molecule has 1 saturated heterocycles. The van der Waals surface area contributed by atoms with Crippen LogP contribution in [0, 0.1) is 5.92 Å². The SMILES string of the molecule is O=C(Nc1ccc(Cl)cc1Cl)[C@H]1CC(=O)N(c2ccccc2)C1. The van der Waals surface area contributed by atoms with Crippen molar-refractivity contribution < 1.29 is 9.59 Å². The van der Waals surface area contributed by atoms with Crippen LogP contribution in [0.2, 0.25) is 10.0 Å². The van der Waals surface area contributed by atoms with Crippen LogP contribution in [0.1, 0.15) is 6.42 Å². The smallest absolute Gasteiger partial charge is 0.229 e. The van der Waals surface area contributed by atoms with Gasteiger partial charge in [-0.1, -0.05) is 41.4 Å². The first-order chi connectivity index (χ1) is 11.0. The number of amides is 2. The minimum Gasteiger partial charge on any atom is -0.324 e. The first kappa shape index (κ1) is 15.8. The van der Waals surface area contributed by atoms with Gasteiger partial charge in [0.05, 0.1) is 16.6 Å². The molecule has 2 amide bonds. The van der Waals surface area contributed by atoms with Gasteiger partial charge in [0, 0.05) is 23.7 Å². The first-order valence-electron chi connectivity index (χ1n) is 7.16. The lowest BCUT2D eigenvalue weighted by Gasteiger charge is -2.16. The first-order valence-corrected chi connectivity index (χ1v) is 7.91. The van der Waals surface area contributed by atoms with Gasteiger partial charge in [-0.25, -0.2) is 0 Å². The molecule has 6 heteroatoms. The Labute approximate surface area is 144 Å². The summed E-state index contributed by atoms with van der Waals surface area (Å²) >= 11 is 11.9. The lowest BCUT2D eigenvalue weighted by molar-refractivity contribution is -0.122. The zero-order valence-corrected chi connectivity index (χ0v) is 13.6. The molecule has 1 atom stereocenters. The van der Waals surface area contributed by atoms with Gasteiger partial charge in [-0.15, -0.1) is 0 Å². The maximum Gasteiger partial charge on any atom is 0.229 e. The Hall–Kier alpha value is -2.04. The van der Waals surface area contributed by atoms with E-state index in [9.17, 15) is 9.59 Å². The number of nitrogens with one attached hydrogen (secondary N) is 1. The molecule has 3 rings (SSSR count). The molecule has 0 saturated carbocycles. The fourth-order valence-corrected chi connectivity index (χ4v) is 3.02. The van der Waals surface area contributed by atoms with Crippen molar-refractivity contribution in [2.24, 2.45) is 5.92 Å². The molecule has 2 aromatic rings. The van der Waals surface area contributed by atoms with Gasteiger partial charge in [0.2, 0.25) is 11.8 Å². The molecular formula is C17H14Cl2N2O2. The molecule has 118 valence electrons. The van der Waals surface area contributed by atoms with E-state index >= 15 is 0 Å². The van der Waals surface area contributed by atoms with Crippen molar-refractivity contribution in [2.75, 3.05) is 16.8 Å². The maximum atomic E-state index is 12.4. The molecule has 4 nitrogen and oxygen atoms in total. The third kappa shape index (κ3) is 3.49. The van der Waals surface area contributed by atoms with Gasteiger partial charge < -0.3 is 10.2 Å². The fourth-order valence-electron chi connectivity index (χ4n) is 2.57. The number of hydrogen-bond acceptors (Lipinski definition) is 2. The van der Waals surface area contributed by atoms with E-state index < -0.39 is 5.92 Å². The second-order valence-electron chi connectivity index (χ2n) is 5.35. The molecule has 1 aliphatic rings. The Morgan fingerprint density at radius 1 is 1.13 bits per heavy atom. The number of carbonyl (C=O) groups is 2. The highest BCUT2D eigenvalue weighted by atomic mass is 35.5. The van der Waals surface area contributed by atoms with Crippen LogP contribution in [-0.2, 0) is 9.59 Å². The Kier molecular flexibility index (Phi) is 4.55. The largest absolute Gasteiger partial charge is 0.324 e. The molecule has 1 fully saturated rings. The van der Waals surface area contributed by atoms with Gasteiger partial charge in [-0.3, -0.25) is 9.59 Å². The van der Waals surface area contributed by atoms with Crippen molar-refractivity contribution in [3.05, 3.63) is 58.6 Å². The highest BCUT2D eigenvalue weighted by molar-refractivity contribution is 6.36. The standard InChI is InChI=1S/C17H14Cl2N2O2/c18-12-6-7-15(14(19)9-12)20-17(23)11-8-16(22)21(10-11)13-4-2-1-3-5-13/h1-7,9,11H,8,10H2,(H,20,23)/t11-/m0/s1. The van der Waals surface area contributed by atoms with Crippen molar-refractivity contribution in [1.29, 1.82) is 0 Å². The topological polar surface area (TPSA) is 49.4 Å². The third-order valence-electron chi connectivity index (χ3n) is 3.75. The van der Waals surface area contributed by atoms with Crippen LogP contribution in [0.15, 0.2) is 48.5 Å². The summed E-state index contributed by atoms with van der Waals surface area (Å²) in [7, 11) is 0. The predicted molar refractivity (Wildman–Crippen MR) is 92.0 cm³/mol. The van der Waals surface area contributed by atoms with E-state index in [2.05, 4.69) is 5.32 Å². The summed E-state index contributed by atoms with van der Waals surface area (Å²) in [5.74, 6) is -0.686. The predicted octanol–water partition coefficient (Wildman–Crippen LogP) is 3.99. The molecule has 1 heterocycles. The molecule has 0 aromatic heterocycles. The number of rotatable bonds is 3. The number of para-hydroxylation sites is 1. The van der Waals surface area contributed by atoms with Crippen molar-refractivity contribution in [2.45, 2.75) is 6.42 Å². The van der Waals surface area contributed by atoms with Crippen molar-refractivity contribution >= 4 is 46.4 Å². The minimum absolute atomic E-state index is 0.0569. The molecule has 1 aliphatic heterocycles. The van der Waals surface area contributed by atoms with E-state index in [1.165, 1.54) is 0 Å². The highest BCUT2D eigenvalue weighted by Crippen LogP contribution is 2.28. The van der Waals surface area contributed by atoms with Gasteiger partial charge in [0.25, 0.3) is 0 Å². The average Bonchev–Trinajstić information content (AvgIpc) is 2.93. The second kappa shape index (κ2) is 6.60. The average molecular weight is 349 g/mol. The second-order valence-corrected chi connectivity index (χ2v) is 6.20. The fraction of sp³-hybridized carbons (Fsp3) is 0.176. The van der Waals surface area contributed by atoms with E-state index in [0.717, 1.165) is 5.69 Å². The van der Waals surface area contributed by atoms with Crippen LogP contribution < -0.4 is 10.2 Å². The van der Waals surface area contributed by atoms with Gasteiger partial charge in [0.15, 0.2) is 0 Å². The molecule has 0 bridgehead atoms.